The van der Waals surface area contributed by atoms with Crippen LogP contribution in [-0.2, 0) is 4.74 Å². The summed E-state index contributed by atoms with van der Waals surface area (Å²) in [7, 11) is 0. The van der Waals surface area contributed by atoms with Gasteiger partial charge >= 0.3 is 0 Å². The van der Waals surface area contributed by atoms with Crippen LogP contribution in [0.25, 0.3) is 0 Å². The van der Waals surface area contributed by atoms with Crippen molar-refractivity contribution in [3.05, 3.63) is 59.7 Å². The van der Waals surface area contributed by atoms with Gasteiger partial charge in [0.05, 0.1) is 11.7 Å². The highest BCUT2D eigenvalue weighted by atomic mass is 32.2. The molecular formula is C22H24N2O3S. The number of anilines is 1. The number of benzene rings is 2. The van der Waals surface area contributed by atoms with Gasteiger partial charge in [0, 0.05) is 34.5 Å². The lowest BCUT2D eigenvalue weighted by atomic mass is 10.1. The first-order valence-corrected chi connectivity index (χ1v) is 10.7. The number of hydrogen-bond acceptors (Lipinski definition) is 4. The number of nitrogens with one attached hydrogen (secondary N) is 2. The van der Waals surface area contributed by atoms with Crippen LogP contribution in [0, 0.1) is 0 Å². The van der Waals surface area contributed by atoms with E-state index < -0.39 is 0 Å². The average molecular weight is 397 g/mol. The van der Waals surface area contributed by atoms with Crippen LogP contribution in [0.3, 0.4) is 0 Å². The van der Waals surface area contributed by atoms with Gasteiger partial charge < -0.3 is 15.4 Å². The zero-order valence-electron chi connectivity index (χ0n) is 15.6. The number of hydrogen-bond donors (Lipinski definition) is 2. The first kappa shape index (κ1) is 19.0. The molecule has 1 atom stereocenters. The highest BCUT2D eigenvalue weighted by Gasteiger charge is 2.24. The molecule has 1 aliphatic carbocycles. The quantitative estimate of drug-likeness (QED) is 0.692. The van der Waals surface area contributed by atoms with E-state index in [9.17, 15) is 9.59 Å². The molecule has 0 bridgehead atoms. The molecule has 0 aromatic heterocycles. The fourth-order valence-corrected chi connectivity index (χ4v) is 4.29. The zero-order valence-corrected chi connectivity index (χ0v) is 16.5. The standard InChI is InChI=1S/C22H24N2O3S/c25-21(23-16-10-11-16)15-5-3-6-17(13-15)24-22(26)19-8-1-2-9-20(19)28-14-18-7-4-12-27-18/h1-3,5-6,8-9,13,16,18H,4,7,10-12,14H2,(H,23,25)(H,24,26). The van der Waals surface area contributed by atoms with Crippen molar-refractivity contribution in [2.24, 2.45) is 0 Å². The highest BCUT2D eigenvalue weighted by Crippen LogP contribution is 2.27. The third-order valence-corrected chi connectivity index (χ3v) is 6.08. The minimum absolute atomic E-state index is 0.0916. The molecule has 28 heavy (non-hydrogen) atoms. The summed E-state index contributed by atoms with van der Waals surface area (Å²) in [6, 6.07) is 15.0. The number of carbonyl (C=O) groups is 2. The predicted molar refractivity (Wildman–Crippen MR) is 111 cm³/mol. The maximum Gasteiger partial charge on any atom is 0.256 e. The van der Waals surface area contributed by atoms with Gasteiger partial charge in [0.15, 0.2) is 0 Å². The lowest BCUT2D eigenvalue weighted by Crippen LogP contribution is -2.25. The second-order valence-corrected chi connectivity index (χ2v) is 8.29. The van der Waals surface area contributed by atoms with Crippen LogP contribution < -0.4 is 10.6 Å². The molecule has 2 N–H and O–H groups in total. The lowest BCUT2D eigenvalue weighted by Gasteiger charge is -2.13. The molecule has 0 radical (unpaired) electrons. The Hall–Kier alpha value is -2.31. The van der Waals surface area contributed by atoms with Crippen LogP contribution in [0.2, 0.25) is 0 Å². The van der Waals surface area contributed by atoms with Crippen molar-refractivity contribution in [2.75, 3.05) is 17.7 Å². The molecule has 2 aliphatic rings. The number of ether oxygens (including phenoxy) is 1. The van der Waals surface area contributed by atoms with Gasteiger partial charge in [-0.3, -0.25) is 9.59 Å². The van der Waals surface area contributed by atoms with Gasteiger partial charge in [-0.25, -0.2) is 0 Å². The number of thioether (sulfide) groups is 1. The number of amides is 2. The molecule has 5 nitrogen and oxygen atoms in total. The van der Waals surface area contributed by atoms with Crippen LogP contribution in [0.15, 0.2) is 53.4 Å². The first-order valence-electron chi connectivity index (χ1n) is 9.75. The van der Waals surface area contributed by atoms with Crippen LogP contribution in [0.1, 0.15) is 46.4 Å². The molecule has 1 saturated carbocycles. The molecule has 2 aromatic rings. The van der Waals surface area contributed by atoms with Crippen molar-refractivity contribution in [3.8, 4) is 0 Å². The maximum atomic E-state index is 12.8. The minimum Gasteiger partial charge on any atom is -0.377 e. The fraction of sp³-hybridized carbons (Fsp3) is 0.364. The zero-order chi connectivity index (χ0) is 19.3. The summed E-state index contributed by atoms with van der Waals surface area (Å²) in [6.45, 7) is 0.831. The van der Waals surface area contributed by atoms with Crippen LogP contribution in [0.5, 0.6) is 0 Å². The Labute approximate surface area is 169 Å². The summed E-state index contributed by atoms with van der Waals surface area (Å²) in [6.07, 6.45) is 4.54. The van der Waals surface area contributed by atoms with Gasteiger partial charge in [0.1, 0.15) is 0 Å². The summed E-state index contributed by atoms with van der Waals surface area (Å²) in [5, 5.41) is 5.90. The predicted octanol–water partition coefficient (Wildman–Crippen LogP) is 4.10. The van der Waals surface area contributed by atoms with E-state index in [1.165, 1.54) is 0 Å². The Morgan fingerprint density at radius 3 is 2.68 bits per heavy atom. The molecule has 2 aromatic carbocycles. The molecule has 146 valence electrons. The van der Waals surface area contributed by atoms with Crippen LogP contribution >= 0.6 is 11.8 Å². The smallest absolute Gasteiger partial charge is 0.256 e. The van der Waals surface area contributed by atoms with Crippen molar-refractivity contribution >= 4 is 29.3 Å². The number of rotatable bonds is 7. The fourth-order valence-electron chi connectivity index (χ4n) is 3.17. The van der Waals surface area contributed by atoms with E-state index in [4.69, 9.17) is 4.74 Å². The topological polar surface area (TPSA) is 67.4 Å². The Kier molecular flexibility index (Phi) is 5.98. The Balaban J connectivity index is 1.42. The average Bonchev–Trinajstić information content (AvgIpc) is 3.37. The second kappa shape index (κ2) is 8.80. The SMILES string of the molecule is O=C(NC1CC1)c1cccc(NC(=O)c2ccccc2SCC2CCCO2)c1. The molecule has 1 aliphatic heterocycles. The second-order valence-electron chi connectivity index (χ2n) is 7.22. The third-order valence-electron chi connectivity index (χ3n) is 4.88. The van der Waals surface area contributed by atoms with E-state index in [1.807, 2.05) is 24.3 Å². The van der Waals surface area contributed by atoms with Crippen molar-refractivity contribution in [3.63, 3.8) is 0 Å². The van der Waals surface area contributed by atoms with Gasteiger partial charge in [-0.1, -0.05) is 18.2 Å². The molecule has 2 amide bonds. The molecule has 6 heteroatoms. The molecule has 1 unspecified atom stereocenters. The summed E-state index contributed by atoms with van der Waals surface area (Å²) in [5.41, 5.74) is 1.82. The third kappa shape index (κ3) is 4.94. The molecule has 2 fully saturated rings. The molecule has 4 rings (SSSR count). The van der Waals surface area contributed by atoms with Crippen molar-refractivity contribution in [1.29, 1.82) is 0 Å². The van der Waals surface area contributed by atoms with Gasteiger partial charge in [0.2, 0.25) is 0 Å². The van der Waals surface area contributed by atoms with E-state index in [0.717, 1.165) is 42.9 Å². The van der Waals surface area contributed by atoms with E-state index in [1.54, 1.807) is 36.0 Å². The monoisotopic (exact) mass is 396 g/mol. The van der Waals surface area contributed by atoms with E-state index in [2.05, 4.69) is 10.6 Å². The Bertz CT molecular complexity index is 860. The van der Waals surface area contributed by atoms with E-state index in [0.29, 0.717) is 22.9 Å². The lowest BCUT2D eigenvalue weighted by molar-refractivity contribution is 0.0949. The van der Waals surface area contributed by atoms with Crippen molar-refractivity contribution in [1.82, 2.24) is 5.32 Å². The van der Waals surface area contributed by atoms with Crippen molar-refractivity contribution < 1.29 is 14.3 Å². The molecule has 1 saturated heterocycles. The largest absolute Gasteiger partial charge is 0.377 e. The molecule has 1 heterocycles. The Morgan fingerprint density at radius 1 is 1.04 bits per heavy atom. The van der Waals surface area contributed by atoms with Crippen LogP contribution in [-0.4, -0.2) is 36.3 Å². The van der Waals surface area contributed by atoms with Crippen molar-refractivity contribution in [2.45, 2.75) is 42.7 Å². The summed E-state index contributed by atoms with van der Waals surface area (Å²) in [4.78, 5) is 26.0. The van der Waals surface area contributed by atoms with Gasteiger partial charge in [-0.2, -0.15) is 0 Å². The Morgan fingerprint density at radius 2 is 1.89 bits per heavy atom. The van der Waals surface area contributed by atoms with E-state index >= 15 is 0 Å². The van der Waals surface area contributed by atoms with Crippen LogP contribution in [0.4, 0.5) is 5.69 Å². The van der Waals surface area contributed by atoms with Gasteiger partial charge in [0.25, 0.3) is 11.8 Å². The maximum absolute atomic E-state index is 12.8. The van der Waals surface area contributed by atoms with E-state index in [-0.39, 0.29) is 17.9 Å². The summed E-state index contributed by atoms with van der Waals surface area (Å²) < 4.78 is 5.68. The van der Waals surface area contributed by atoms with Gasteiger partial charge in [-0.15, -0.1) is 11.8 Å². The first-order chi connectivity index (χ1) is 13.7. The molecular weight excluding hydrogens is 372 g/mol. The summed E-state index contributed by atoms with van der Waals surface area (Å²) >= 11 is 1.66. The minimum atomic E-state index is -0.171. The summed E-state index contributed by atoms with van der Waals surface area (Å²) in [5.74, 6) is 0.586. The normalized spacial score (nSPS) is 18.6. The molecule has 0 spiro atoms. The highest BCUT2D eigenvalue weighted by molar-refractivity contribution is 7.99. The van der Waals surface area contributed by atoms with Gasteiger partial charge in [-0.05, 0) is 56.0 Å². The number of carbonyl (C=O) groups excluding carboxylic acids is 2.